The third-order valence-corrected chi connectivity index (χ3v) is 9.82. The van der Waals surface area contributed by atoms with Crippen molar-refractivity contribution in [3.63, 3.8) is 0 Å². The first-order valence-corrected chi connectivity index (χ1v) is 17.1. The number of benzene rings is 2. The zero-order chi connectivity index (χ0) is 35.8. The van der Waals surface area contributed by atoms with E-state index < -0.39 is 11.6 Å². The third kappa shape index (κ3) is 6.20. The Morgan fingerprint density at radius 3 is 2.60 bits per heavy atom. The van der Waals surface area contributed by atoms with Gasteiger partial charge in [0.15, 0.2) is 17.4 Å². The van der Waals surface area contributed by atoms with Gasteiger partial charge < -0.3 is 24.4 Å². The van der Waals surface area contributed by atoms with Gasteiger partial charge in [0.25, 0.3) is 5.91 Å². The summed E-state index contributed by atoms with van der Waals surface area (Å²) in [7, 11) is 1.46. The third-order valence-electron chi connectivity index (χ3n) is 9.82. The van der Waals surface area contributed by atoms with Crippen molar-refractivity contribution in [2.24, 2.45) is 0 Å². The van der Waals surface area contributed by atoms with Crippen LogP contribution < -0.4 is 9.64 Å². The molecule has 52 heavy (non-hydrogen) atoms. The topological polar surface area (TPSA) is 125 Å². The number of anilines is 1. The molecule has 6 heterocycles. The standard InChI is InChI=1S/C38H35F2N9O3/c1-52-33-18-26(39)22-42-37(33)46-14-16-47(17-15-46)38(51)32-20-31-30(28-6-2-4-24-21-41-9-7-27(24)28)19-29(35(40)36(31)44-32)25-5-3-11-48(23-25)34(50)8-12-49-13-10-43-45-49/h2,4-7,9-10,13,18-22,44H,3,8,11-12,14-17,23H2,1H3. The van der Waals surface area contributed by atoms with Crippen LogP contribution in [0.1, 0.15) is 28.9 Å². The molecular weight excluding hydrogens is 668 g/mol. The number of H-pyrrole nitrogens is 1. The van der Waals surface area contributed by atoms with Gasteiger partial charge in [-0.3, -0.25) is 19.3 Å². The lowest BCUT2D eigenvalue weighted by Crippen LogP contribution is -2.49. The van der Waals surface area contributed by atoms with E-state index in [2.05, 4.69) is 25.3 Å². The molecule has 2 aliphatic rings. The second kappa shape index (κ2) is 13.9. The molecule has 6 aromatic rings. The van der Waals surface area contributed by atoms with Crippen molar-refractivity contribution in [2.75, 3.05) is 51.3 Å². The average Bonchev–Trinajstić information content (AvgIpc) is 3.88. The number of methoxy groups -OCH3 is 1. The number of aromatic nitrogens is 6. The first-order valence-electron chi connectivity index (χ1n) is 17.1. The van der Waals surface area contributed by atoms with E-state index in [1.165, 1.54) is 13.2 Å². The molecule has 0 spiro atoms. The molecule has 14 heteroatoms. The van der Waals surface area contributed by atoms with Gasteiger partial charge in [0.1, 0.15) is 11.5 Å². The highest BCUT2D eigenvalue weighted by molar-refractivity contribution is 6.09. The number of aryl methyl sites for hydroxylation is 1. The van der Waals surface area contributed by atoms with Gasteiger partial charge >= 0.3 is 0 Å². The predicted octanol–water partition coefficient (Wildman–Crippen LogP) is 5.32. The van der Waals surface area contributed by atoms with E-state index in [9.17, 15) is 14.0 Å². The fourth-order valence-corrected chi connectivity index (χ4v) is 7.15. The molecular formula is C38H35F2N9O3. The molecule has 12 nitrogen and oxygen atoms in total. The minimum atomic E-state index is -0.492. The average molecular weight is 704 g/mol. The Morgan fingerprint density at radius 1 is 0.923 bits per heavy atom. The quantitative estimate of drug-likeness (QED) is 0.226. The number of hydrogen-bond donors (Lipinski definition) is 1. The van der Waals surface area contributed by atoms with Crippen molar-refractivity contribution in [1.29, 1.82) is 0 Å². The molecule has 2 aromatic carbocycles. The van der Waals surface area contributed by atoms with Crippen LogP contribution in [-0.2, 0) is 11.3 Å². The van der Waals surface area contributed by atoms with Crippen LogP contribution in [0.2, 0.25) is 0 Å². The van der Waals surface area contributed by atoms with E-state index in [4.69, 9.17) is 4.74 Å². The number of aromatic amines is 1. The number of ether oxygens (including phenoxy) is 1. The number of fused-ring (bicyclic) bond motifs is 2. The van der Waals surface area contributed by atoms with E-state index in [1.54, 1.807) is 45.3 Å². The second-order valence-electron chi connectivity index (χ2n) is 12.9. The highest BCUT2D eigenvalue weighted by Crippen LogP contribution is 2.39. The zero-order valence-electron chi connectivity index (χ0n) is 28.4. The summed E-state index contributed by atoms with van der Waals surface area (Å²) in [6.07, 6.45) is 10.8. The SMILES string of the molecule is COc1cc(F)cnc1N1CCN(C(=O)c2cc3c(-c4cccc5cnccc45)cc(C4=CCCN(C(=O)CCn5ccnn5)C4)c(F)c3[nH]2)CC1. The van der Waals surface area contributed by atoms with Crippen LogP contribution in [0.5, 0.6) is 5.75 Å². The van der Waals surface area contributed by atoms with E-state index in [-0.39, 0.29) is 36.0 Å². The summed E-state index contributed by atoms with van der Waals surface area (Å²) in [6, 6.07) is 12.7. The molecule has 0 radical (unpaired) electrons. The fourth-order valence-electron chi connectivity index (χ4n) is 7.15. The lowest BCUT2D eigenvalue weighted by atomic mass is 9.91. The Labute approximate surface area is 297 Å². The number of amides is 2. The van der Waals surface area contributed by atoms with Gasteiger partial charge in [-0.2, -0.15) is 0 Å². The lowest BCUT2D eigenvalue weighted by molar-refractivity contribution is -0.131. The van der Waals surface area contributed by atoms with E-state index in [0.717, 1.165) is 28.1 Å². The predicted molar refractivity (Wildman–Crippen MR) is 192 cm³/mol. The number of piperazine rings is 1. The van der Waals surface area contributed by atoms with Crippen LogP contribution in [0.25, 0.3) is 38.4 Å². The molecule has 1 N–H and O–H groups in total. The number of hydrogen-bond acceptors (Lipinski definition) is 8. The van der Waals surface area contributed by atoms with Gasteiger partial charge in [0.05, 0.1) is 31.6 Å². The summed E-state index contributed by atoms with van der Waals surface area (Å²) < 4.78 is 37.5. The molecule has 2 amide bonds. The highest BCUT2D eigenvalue weighted by atomic mass is 19.1. The van der Waals surface area contributed by atoms with Crippen molar-refractivity contribution in [2.45, 2.75) is 19.4 Å². The summed E-state index contributed by atoms with van der Waals surface area (Å²) in [4.78, 5) is 44.3. The molecule has 4 aromatic heterocycles. The number of nitrogens with zero attached hydrogens (tertiary/aromatic N) is 8. The lowest BCUT2D eigenvalue weighted by Gasteiger charge is -2.35. The largest absolute Gasteiger partial charge is 0.493 e. The summed E-state index contributed by atoms with van der Waals surface area (Å²) >= 11 is 0. The molecule has 1 fully saturated rings. The number of carbonyl (C=O) groups excluding carboxylic acids is 2. The van der Waals surface area contributed by atoms with Crippen molar-refractivity contribution in [1.82, 2.24) is 39.7 Å². The van der Waals surface area contributed by atoms with Gasteiger partial charge in [0, 0.05) is 86.7 Å². The van der Waals surface area contributed by atoms with Crippen molar-refractivity contribution in [3.8, 4) is 16.9 Å². The molecule has 8 rings (SSSR count). The van der Waals surface area contributed by atoms with E-state index >= 15 is 4.39 Å². The number of carbonyl (C=O) groups is 2. The maximum atomic E-state index is 16.8. The summed E-state index contributed by atoms with van der Waals surface area (Å²) in [5, 5.41) is 10.2. The minimum absolute atomic E-state index is 0.0501. The minimum Gasteiger partial charge on any atom is -0.493 e. The van der Waals surface area contributed by atoms with Gasteiger partial charge in [-0.05, 0) is 46.7 Å². The molecule has 0 saturated carbocycles. The highest BCUT2D eigenvalue weighted by Gasteiger charge is 2.29. The maximum Gasteiger partial charge on any atom is 0.270 e. The van der Waals surface area contributed by atoms with Crippen LogP contribution in [0.4, 0.5) is 14.6 Å². The molecule has 0 aliphatic carbocycles. The van der Waals surface area contributed by atoms with E-state index in [1.807, 2.05) is 41.3 Å². The van der Waals surface area contributed by atoms with Gasteiger partial charge in [-0.25, -0.2) is 13.8 Å². The Kier molecular flexibility index (Phi) is 8.79. The molecule has 2 aliphatic heterocycles. The van der Waals surface area contributed by atoms with Crippen LogP contribution >= 0.6 is 0 Å². The number of rotatable bonds is 8. The van der Waals surface area contributed by atoms with Crippen LogP contribution in [0.3, 0.4) is 0 Å². The van der Waals surface area contributed by atoms with E-state index in [0.29, 0.717) is 73.8 Å². The van der Waals surface area contributed by atoms with Gasteiger partial charge in [-0.15, -0.1) is 5.10 Å². The molecule has 0 atom stereocenters. The van der Waals surface area contributed by atoms with Gasteiger partial charge in [-0.1, -0.05) is 29.5 Å². The molecule has 0 unspecified atom stereocenters. The molecule has 264 valence electrons. The van der Waals surface area contributed by atoms with Crippen LogP contribution in [0.15, 0.2) is 79.5 Å². The molecule has 1 saturated heterocycles. The Balaban J connectivity index is 1.12. The number of nitrogens with one attached hydrogen (secondary N) is 1. The van der Waals surface area contributed by atoms with Crippen molar-refractivity contribution >= 4 is 44.9 Å². The Morgan fingerprint density at radius 2 is 1.79 bits per heavy atom. The van der Waals surface area contributed by atoms with Crippen LogP contribution in [-0.4, -0.2) is 97.9 Å². The van der Waals surface area contributed by atoms with Gasteiger partial charge in [0.2, 0.25) is 5.91 Å². The normalized spacial score (nSPS) is 15.0. The maximum absolute atomic E-state index is 16.8. The summed E-state index contributed by atoms with van der Waals surface area (Å²) in [6.45, 7) is 2.85. The smallest absolute Gasteiger partial charge is 0.270 e. The van der Waals surface area contributed by atoms with Crippen molar-refractivity contribution in [3.05, 3.63) is 102 Å². The van der Waals surface area contributed by atoms with Crippen molar-refractivity contribution < 1.29 is 23.1 Å². The Hall–Kier alpha value is -6.18. The first-order chi connectivity index (χ1) is 25.4. The summed E-state index contributed by atoms with van der Waals surface area (Å²) in [5.74, 6) is -0.449. The number of pyridine rings is 2. The monoisotopic (exact) mass is 703 g/mol. The fraction of sp³-hybridized carbons (Fsp3) is 0.263. The first kappa shape index (κ1) is 33.0. The Bertz CT molecular complexity index is 2330. The second-order valence-corrected chi connectivity index (χ2v) is 12.9. The summed E-state index contributed by atoms with van der Waals surface area (Å²) in [5.41, 5.74) is 3.19. The van der Waals surface area contributed by atoms with Crippen LogP contribution in [0, 0.1) is 11.6 Å². The zero-order valence-corrected chi connectivity index (χ0v) is 28.4. The molecule has 0 bridgehead atoms. The number of halogens is 2.